The summed E-state index contributed by atoms with van der Waals surface area (Å²) < 4.78 is 37.9. The molecule has 1 unspecified atom stereocenters. The van der Waals surface area contributed by atoms with Crippen LogP contribution in [0.1, 0.15) is 19.8 Å². The lowest BCUT2D eigenvalue weighted by Crippen LogP contribution is -2.41. The number of benzene rings is 1. The standard InChI is InChI=1S/C20H28ClN3O6S/c1-14(30-13-15-3-4-15)20(26)23(2)12-19(25)22-16-5-6-17(21)18(11-16)31(27,28)24-7-9-29-10-8-24/h5-6,11,14-15H,3-4,7-10,12-13H2,1-2H3,(H,22,25). The van der Waals surface area contributed by atoms with Gasteiger partial charge in [0.2, 0.25) is 15.9 Å². The molecule has 0 bridgehead atoms. The Labute approximate surface area is 187 Å². The Morgan fingerprint density at radius 3 is 2.65 bits per heavy atom. The van der Waals surface area contributed by atoms with Crippen LogP contribution in [0.5, 0.6) is 0 Å². The Kier molecular flexibility index (Phi) is 7.92. The number of sulfonamides is 1. The third kappa shape index (κ3) is 6.39. The van der Waals surface area contributed by atoms with E-state index < -0.39 is 22.0 Å². The fraction of sp³-hybridized carbons (Fsp3) is 0.600. The van der Waals surface area contributed by atoms with Gasteiger partial charge >= 0.3 is 0 Å². The van der Waals surface area contributed by atoms with E-state index in [-0.39, 0.29) is 41.1 Å². The van der Waals surface area contributed by atoms with Gasteiger partial charge in [0, 0.05) is 25.8 Å². The van der Waals surface area contributed by atoms with Crippen molar-refractivity contribution in [3.63, 3.8) is 0 Å². The minimum Gasteiger partial charge on any atom is -0.379 e. The minimum atomic E-state index is -3.82. The number of likely N-dealkylation sites (N-methyl/N-ethyl adjacent to an activating group) is 1. The predicted molar refractivity (Wildman–Crippen MR) is 115 cm³/mol. The number of nitrogens with zero attached hydrogens (tertiary/aromatic N) is 2. The zero-order chi connectivity index (χ0) is 22.6. The first-order chi connectivity index (χ1) is 14.7. The fourth-order valence-corrected chi connectivity index (χ4v) is 5.05. The maximum atomic E-state index is 12.9. The molecule has 31 heavy (non-hydrogen) atoms. The van der Waals surface area contributed by atoms with E-state index in [0.29, 0.717) is 25.7 Å². The monoisotopic (exact) mass is 473 g/mol. The van der Waals surface area contributed by atoms with Gasteiger partial charge in [-0.25, -0.2) is 8.42 Å². The Balaban J connectivity index is 1.60. The zero-order valence-corrected chi connectivity index (χ0v) is 19.2. The number of carbonyl (C=O) groups excluding carboxylic acids is 2. The molecule has 0 radical (unpaired) electrons. The van der Waals surface area contributed by atoms with Crippen molar-refractivity contribution in [1.29, 1.82) is 0 Å². The average Bonchev–Trinajstić information content (AvgIpc) is 3.57. The lowest BCUT2D eigenvalue weighted by Gasteiger charge is -2.26. The summed E-state index contributed by atoms with van der Waals surface area (Å²) in [5, 5.41) is 2.70. The quantitative estimate of drug-likeness (QED) is 0.583. The van der Waals surface area contributed by atoms with E-state index in [2.05, 4.69) is 5.32 Å². The van der Waals surface area contributed by atoms with Gasteiger partial charge in [0.1, 0.15) is 11.0 Å². The minimum absolute atomic E-state index is 0.0680. The molecular formula is C20H28ClN3O6S. The summed E-state index contributed by atoms with van der Waals surface area (Å²) in [4.78, 5) is 26.0. The highest BCUT2D eigenvalue weighted by Gasteiger charge is 2.29. The molecule has 9 nitrogen and oxygen atoms in total. The number of hydrogen-bond acceptors (Lipinski definition) is 6. The highest BCUT2D eigenvalue weighted by Crippen LogP contribution is 2.29. The molecule has 1 aromatic carbocycles. The largest absolute Gasteiger partial charge is 0.379 e. The van der Waals surface area contributed by atoms with Crippen molar-refractivity contribution in [2.24, 2.45) is 5.92 Å². The molecule has 1 heterocycles. The Hall–Kier alpha value is -1.72. The second kappa shape index (κ2) is 10.3. The summed E-state index contributed by atoms with van der Waals surface area (Å²) in [6.07, 6.45) is 1.63. The van der Waals surface area contributed by atoms with Crippen LogP contribution in [0.15, 0.2) is 23.1 Å². The normalized spacial score (nSPS) is 18.4. The van der Waals surface area contributed by atoms with Crippen molar-refractivity contribution in [1.82, 2.24) is 9.21 Å². The number of rotatable bonds is 9. The Morgan fingerprint density at radius 2 is 2.00 bits per heavy atom. The van der Waals surface area contributed by atoms with Crippen molar-refractivity contribution >= 4 is 39.1 Å². The molecule has 1 N–H and O–H groups in total. The molecule has 172 valence electrons. The van der Waals surface area contributed by atoms with Gasteiger partial charge < -0.3 is 19.7 Å². The number of ether oxygens (including phenoxy) is 2. The van der Waals surface area contributed by atoms with Gasteiger partial charge in [0.05, 0.1) is 31.4 Å². The van der Waals surface area contributed by atoms with Crippen molar-refractivity contribution in [2.45, 2.75) is 30.8 Å². The van der Waals surface area contributed by atoms with Crippen LogP contribution in [-0.4, -0.2) is 82.0 Å². The average molecular weight is 474 g/mol. The molecule has 3 rings (SSSR count). The second-order valence-corrected chi connectivity index (χ2v) is 10.1. The molecule has 1 aromatic rings. The summed E-state index contributed by atoms with van der Waals surface area (Å²) in [7, 11) is -2.30. The molecule has 1 atom stereocenters. The molecule has 2 amide bonds. The van der Waals surface area contributed by atoms with Crippen LogP contribution in [0, 0.1) is 5.92 Å². The third-order valence-electron chi connectivity index (χ3n) is 5.19. The summed E-state index contributed by atoms with van der Waals surface area (Å²) in [5.41, 5.74) is 0.278. The summed E-state index contributed by atoms with van der Waals surface area (Å²) in [5.74, 6) is -0.207. The Morgan fingerprint density at radius 1 is 1.32 bits per heavy atom. The topological polar surface area (TPSA) is 105 Å². The number of carbonyl (C=O) groups is 2. The van der Waals surface area contributed by atoms with E-state index in [0.717, 1.165) is 12.8 Å². The van der Waals surface area contributed by atoms with Crippen LogP contribution < -0.4 is 5.32 Å². The third-order valence-corrected chi connectivity index (χ3v) is 7.57. The SMILES string of the molecule is CC(OCC1CC1)C(=O)N(C)CC(=O)Nc1ccc(Cl)c(S(=O)(=O)N2CCOCC2)c1. The molecule has 1 saturated heterocycles. The number of hydrogen-bond donors (Lipinski definition) is 1. The molecule has 1 aliphatic heterocycles. The molecule has 1 aliphatic carbocycles. The smallest absolute Gasteiger partial charge is 0.251 e. The van der Waals surface area contributed by atoms with Gasteiger partial charge in [-0.05, 0) is 43.9 Å². The fourth-order valence-electron chi connectivity index (χ4n) is 3.15. The van der Waals surface area contributed by atoms with E-state index in [1.54, 1.807) is 6.92 Å². The molecular weight excluding hydrogens is 446 g/mol. The van der Waals surface area contributed by atoms with Crippen LogP contribution in [0.3, 0.4) is 0 Å². The molecule has 1 saturated carbocycles. The van der Waals surface area contributed by atoms with Gasteiger partial charge in [-0.1, -0.05) is 11.6 Å². The lowest BCUT2D eigenvalue weighted by atomic mass is 10.3. The van der Waals surface area contributed by atoms with Crippen LogP contribution in [0.25, 0.3) is 0 Å². The Bertz CT molecular complexity index is 915. The second-order valence-electron chi connectivity index (χ2n) is 7.82. The van der Waals surface area contributed by atoms with Crippen LogP contribution >= 0.6 is 11.6 Å². The van der Waals surface area contributed by atoms with Crippen molar-refractivity contribution in [3.8, 4) is 0 Å². The van der Waals surface area contributed by atoms with Crippen molar-refractivity contribution in [3.05, 3.63) is 23.2 Å². The molecule has 2 fully saturated rings. The summed E-state index contributed by atoms with van der Waals surface area (Å²) in [6.45, 7) is 3.14. The number of anilines is 1. The maximum absolute atomic E-state index is 12.9. The first-order valence-electron chi connectivity index (χ1n) is 10.2. The number of amides is 2. The maximum Gasteiger partial charge on any atom is 0.251 e. The van der Waals surface area contributed by atoms with Crippen LogP contribution in [0.2, 0.25) is 5.02 Å². The van der Waals surface area contributed by atoms with Gasteiger partial charge in [0.25, 0.3) is 5.91 Å². The van der Waals surface area contributed by atoms with E-state index in [9.17, 15) is 18.0 Å². The van der Waals surface area contributed by atoms with Crippen LogP contribution in [-0.2, 0) is 29.1 Å². The highest BCUT2D eigenvalue weighted by atomic mass is 35.5. The lowest BCUT2D eigenvalue weighted by molar-refractivity contribution is -0.143. The molecule has 0 spiro atoms. The first kappa shape index (κ1) is 23.9. The summed E-state index contributed by atoms with van der Waals surface area (Å²) >= 11 is 6.14. The molecule has 0 aromatic heterocycles. The van der Waals surface area contributed by atoms with E-state index in [4.69, 9.17) is 21.1 Å². The van der Waals surface area contributed by atoms with E-state index >= 15 is 0 Å². The number of nitrogens with one attached hydrogen (secondary N) is 1. The first-order valence-corrected chi connectivity index (χ1v) is 12.0. The van der Waals surface area contributed by atoms with Crippen LogP contribution in [0.4, 0.5) is 5.69 Å². The van der Waals surface area contributed by atoms with Gasteiger partial charge in [0.15, 0.2) is 0 Å². The number of halogens is 1. The van der Waals surface area contributed by atoms with E-state index in [1.165, 1.54) is 34.5 Å². The van der Waals surface area contributed by atoms with Gasteiger partial charge in [-0.2, -0.15) is 4.31 Å². The zero-order valence-electron chi connectivity index (χ0n) is 17.7. The molecule has 2 aliphatic rings. The highest BCUT2D eigenvalue weighted by molar-refractivity contribution is 7.89. The van der Waals surface area contributed by atoms with Gasteiger partial charge in [-0.3, -0.25) is 9.59 Å². The van der Waals surface area contributed by atoms with Crippen molar-refractivity contribution in [2.75, 3.05) is 51.8 Å². The molecule has 11 heteroatoms. The number of morpholine rings is 1. The van der Waals surface area contributed by atoms with Gasteiger partial charge in [-0.15, -0.1) is 0 Å². The predicted octanol–water partition coefficient (Wildman–Crippen LogP) is 1.57. The van der Waals surface area contributed by atoms with Crippen molar-refractivity contribution < 1.29 is 27.5 Å². The van der Waals surface area contributed by atoms with E-state index in [1.807, 2.05) is 0 Å². The summed E-state index contributed by atoms with van der Waals surface area (Å²) in [6, 6.07) is 4.27.